The van der Waals surface area contributed by atoms with Crippen molar-refractivity contribution in [2.24, 2.45) is 0 Å². The van der Waals surface area contributed by atoms with Gasteiger partial charge in [-0.1, -0.05) is 11.2 Å². The maximum Gasteiger partial charge on any atom is 0.225 e. The minimum absolute atomic E-state index is 0.276. The first-order chi connectivity index (χ1) is 19.9. The number of pyridine rings is 1. The van der Waals surface area contributed by atoms with E-state index in [0.717, 1.165) is 79.1 Å². The van der Waals surface area contributed by atoms with E-state index in [0.29, 0.717) is 28.4 Å². The Morgan fingerprint density at radius 3 is 2.71 bits per heavy atom. The second-order valence-electron chi connectivity index (χ2n) is 10.7. The maximum absolute atomic E-state index is 15.0. The number of hydrogen-bond acceptors (Lipinski definition) is 9. The summed E-state index contributed by atoms with van der Waals surface area (Å²) in [4.78, 5) is 18.5. The number of aryl methyl sites for hydroxylation is 2. The molecule has 0 saturated carbocycles. The van der Waals surface area contributed by atoms with Gasteiger partial charge in [-0.3, -0.25) is 9.88 Å². The molecular formula is C29H31FN10O. The standard InChI is InChI=1S/C29H31FN10O/c1-17-19(3)39(27-25(17)28-33-26(22-7-4-5-8-32-22)35-40(28)29(31)34-27)14-12-37-9-6-10-38(13-11-37)23-15-20-18(2)36-41-24(20)16-21(23)30/h4-5,7-8,15-16H,6,9-14H2,1-3H3,(H2,31,34). The molecule has 1 saturated heterocycles. The van der Waals surface area contributed by atoms with Crippen LogP contribution in [0.4, 0.5) is 16.0 Å². The van der Waals surface area contributed by atoms with Gasteiger partial charge in [0.2, 0.25) is 11.8 Å². The number of fused-ring (bicyclic) bond motifs is 4. The molecule has 0 bridgehead atoms. The molecule has 0 aliphatic carbocycles. The molecule has 210 valence electrons. The van der Waals surface area contributed by atoms with Gasteiger partial charge >= 0.3 is 0 Å². The van der Waals surface area contributed by atoms with Gasteiger partial charge in [0.05, 0.1) is 16.8 Å². The van der Waals surface area contributed by atoms with Gasteiger partial charge in [0.1, 0.15) is 17.2 Å². The Balaban J connectivity index is 1.13. The van der Waals surface area contributed by atoms with Gasteiger partial charge in [0.15, 0.2) is 11.2 Å². The molecule has 0 amide bonds. The van der Waals surface area contributed by atoms with Gasteiger partial charge in [-0.2, -0.15) is 9.50 Å². The number of nitrogen functional groups attached to an aromatic ring is 1. The topological polar surface area (TPSA) is 119 Å². The van der Waals surface area contributed by atoms with E-state index in [1.807, 2.05) is 31.2 Å². The molecule has 1 aromatic carbocycles. The predicted octanol–water partition coefficient (Wildman–Crippen LogP) is 4.14. The number of benzene rings is 1. The molecule has 11 nitrogen and oxygen atoms in total. The summed E-state index contributed by atoms with van der Waals surface area (Å²) in [6.45, 7) is 10.9. The van der Waals surface area contributed by atoms with Crippen LogP contribution in [-0.4, -0.2) is 71.9 Å². The van der Waals surface area contributed by atoms with Gasteiger partial charge < -0.3 is 19.7 Å². The van der Waals surface area contributed by atoms with Crippen LogP contribution in [0.15, 0.2) is 41.1 Å². The lowest BCUT2D eigenvalue weighted by Gasteiger charge is -2.24. The molecule has 1 fully saturated rings. The zero-order valence-electron chi connectivity index (χ0n) is 23.3. The summed E-state index contributed by atoms with van der Waals surface area (Å²) in [5.41, 5.74) is 12.6. The number of halogens is 1. The van der Waals surface area contributed by atoms with Crippen LogP contribution >= 0.6 is 0 Å². The summed E-state index contributed by atoms with van der Waals surface area (Å²) in [6, 6.07) is 8.96. The molecule has 0 unspecified atom stereocenters. The van der Waals surface area contributed by atoms with Crippen LogP contribution < -0.4 is 10.6 Å². The fourth-order valence-corrected chi connectivity index (χ4v) is 5.88. The fraction of sp³-hybridized carbons (Fsp3) is 0.345. The quantitative estimate of drug-likeness (QED) is 0.335. The highest BCUT2D eigenvalue weighted by atomic mass is 19.1. The van der Waals surface area contributed by atoms with Crippen molar-refractivity contribution in [2.75, 3.05) is 43.4 Å². The number of nitrogens with two attached hydrogens (primary N) is 1. The van der Waals surface area contributed by atoms with Crippen molar-refractivity contribution in [1.82, 2.24) is 39.2 Å². The Hall–Kier alpha value is -4.58. The van der Waals surface area contributed by atoms with Gasteiger partial charge in [-0.05, 0) is 57.5 Å². The van der Waals surface area contributed by atoms with Gasteiger partial charge in [0, 0.05) is 56.1 Å². The molecule has 2 N–H and O–H groups in total. The smallest absolute Gasteiger partial charge is 0.225 e. The third kappa shape index (κ3) is 4.26. The summed E-state index contributed by atoms with van der Waals surface area (Å²) >= 11 is 0. The lowest BCUT2D eigenvalue weighted by atomic mass is 10.1. The van der Waals surface area contributed by atoms with E-state index >= 15 is 0 Å². The molecule has 41 heavy (non-hydrogen) atoms. The van der Waals surface area contributed by atoms with E-state index in [4.69, 9.17) is 20.2 Å². The molecular weight excluding hydrogens is 523 g/mol. The molecule has 0 spiro atoms. The Bertz CT molecular complexity index is 1910. The van der Waals surface area contributed by atoms with Gasteiger partial charge in [-0.25, -0.2) is 9.37 Å². The lowest BCUT2D eigenvalue weighted by Crippen LogP contribution is -2.33. The average Bonchev–Trinajstić information content (AvgIpc) is 3.57. The normalized spacial score (nSPS) is 15.0. The minimum atomic E-state index is -0.276. The number of rotatable bonds is 5. The van der Waals surface area contributed by atoms with Crippen LogP contribution in [0.5, 0.6) is 0 Å². The lowest BCUT2D eigenvalue weighted by molar-refractivity contribution is 0.281. The average molecular weight is 555 g/mol. The fourth-order valence-electron chi connectivity index (χ4n) is 5.88. The highest BCUT2D eigenvalue weighted by Gasteiger charge is 2.23. The first-order valence-corrected chi connectivity index (χ1v) is 13.8. The minimum Gasteiger partial charge on any atom is -0.368 e. The highest BCUT2D eigenvalue weighted by Crippen LogP contribution is 2.31. The predicted molar refractivity (Wildman–Crippen MR) is 155 cm³/mol. The van der Waals surface area contributed by atoms with E-state index in [1.165, 1.54) is 6.07 Å². The zero-order chi connectivity index (χ0) is 28.2. The summed E-state index contributed by atoms with van der Waals surface area (Å²) in [6.07, 6.45) is 2.66. The van der Waals surface area contributed by atoms with Crippen molar-refractivity contribution in [3.05, 3.63) is 59.3 Å². The Kier molecular flexibility index (Phi) is 6.07. The Morgan fingerprint density at radius 1 is 1.00 bits per heavy atom. The van der Waals surface area contributed by atoms with E-state index in [9.17, 15) is 4.39 Å². The van der Waals surface area contributed by atoms with Crippen molar-refractivity contribution in [2.45, 2.75) is 33.7 Å². The molecule has 6 aromatic rings. The van der Waals surface area contributed by atoms with Crippen LogP contribution in [-0.2, 0) is 6.54 Å². The molecule has 12 heteroatoms. The molecule has 0 atom stereocenters. The van der Waals surface area contributed by atoms with Crippen LogP contribution in [0.3, 0.4) is 0 Å². The molecule has 7 rings (SSSR count). The third-order valence-electron chi connectivity index (χ3n) is 8.25. The second-order valence-corrected chi connectivity index (χ2v) is 10.7. The van der Waals surface area contributed by atoms with E-state index in [1.54, 1.807) is 10.7 Å². The van der Waals surface area contributed by atoms with E-state index in [2.05, 4.69) is 43.5 Å². The maximum atomic E-state index is 15.0. The Morgan fingerprint density at radius 2 is 1.88 bits per heavy atom. The van der Waals surface area contributed by atoms with Gasteiger partial charge in [-0.15, -0.1) is 5.10 Å². The summed E-state index contributed by atoms with van der Waals surface area (Å²) in [5, 5.41) is 10.4. The first kappa shape index (κ1) is 25.4. The summed E-state index contributed by atoms with van der Waals surface area (Å²) < 4.78 is 24.0. The van der Waals surface area contributed by atoms with Gasteiger partial charge in [0.25, 0.3) is 0 Å². The third-order valence-corrected chi connectivity index (χ3v) is 8.25. The largest absolute Gasteiger partial charge is 0.368 e. The van der Waals surface area contributed by atoms with E-state index in [-0.39, 0.29) is 11.8 Å². The number of aromatic nitrogens is 7. The van der Waals surface area contributed by atoms with Crippen molar-refractivity contribution in [3.8, 4) is 11.5 Å². The number of anilines is 2. The van der Waals surface area contributed by atoms with Crippen LogP contribution in [0.25, 0.3) is 39.2 Å². The van der Waals surface area contributed by atoms with Crippen LogP contribution in [0.1, 0.15) is 23.4 Å². The zero-order valence-corrected chi connectivity index (χ0v) is 23.3. The van der Waals surface area contributed by atoms with Crippen LogP contribution in [0.2, 0.25) is 0 Å². The van der Waals surface area contributed by atoms with Crippen molar-refractivity contribution in [1.29, 1.82) is 0 Å². The van der Waals surface area contributed by atoms with Crippen molar-refractivity contribution >= 4 is 39.3 Å². The molecule has 0 radical (unpaired) electrons. The summed E-state index contributed by atoms with van der Waals surface area (Å²) in [7, 11) is 0. The number of nitrogens with zero attached hydrogens (tertiary/aromatic N) is 9. The van der Waals surface area contributed by atoms with Crippen molar-refractivity contribution < 1.29 is 8.91 Å². The Labute approximate surface area is 235 Å². The molecule has 1 aliphatic rings. The monoisotopic (exact) mass is 554 g/mol. The number of hydrogen-bond donors (Lipinski definition) is 1. The SMILES string of the molecule is Cc1noc2cc(F)c(N3CCCN(CCn4c(C)c(C)c5c4nc(N)n4nc(-c6ccccn6)nc54)CC3)cc12. The first-order valence-electron chi connectivity index (χ1n) is 13.8. The van der Waals surface area contributed by atoms with E-state index < -0.39 is 0 Å². The second kappa shape index (κ2) is 9.81. The molecule has 6 heterocycles. The van der Waals surface area contributed by atoms with Crippen LogP contribution in [0, 0.1) is 26.6 Å². The summed E-state index contributed by atoms with van der Waals surface area (Å²) in [5.74, 6) is 0.523. The highest BCUT2D eigenvalue weighted by molar-refractivity contribution is 5.95. The molecule has 5 aromatic heterocycles. The van der Waals surface area contributed by atoms with Crippen molar-refractivity contribution in [3.63, 3.8) is 0 Å². The molecule has 1 aliphatic heterocycles.